The third-order valence-electron chi connectivity index (χ3n) is 5.42. The van der Waals surface area contributed by atoms with Gasteiger partial charge in [0.2, 0.25) is 10.0 Å². The Morgan fingerprint density at radius 2 is 1.00 bits per heavy atom. The molecule has 156 valence electrons. The molecule has 0 fully saturated rings. The Morgan fingerprint density at radius 1 is 0.581 bits per heavy atom. The molecule has 0 spiro atoms. The van der Waals surface area contributed by atoms with E-state index < -0.39 is 16.1 Å². The maximum Gasteiger partial charge on any atom is 0.241 e. The van der Waals surface area contributed by atoms with Crippen molar-refractivity contribution in [3.05, 3.63) is 138 Å². The van der Waals surface area contributed by atoms with Gasteiger partial charge in [-0.3, -0.25) is 0 Å². The minimum absolute atomic E-state index is 0.190. The predicted octanol–water partition coefficient (Wildman–Crippen LogP) is 5.85. The van der Waals surface area contributed by atoms with Gasteiger partial charge in [-0.2, -0.15) is 0 Å². The Labute approximate surface area is 184 Å². The van der Waals surface area contributed by atoms with Gasteiger partial charge in [-0.15, -0.1) is 0 Å². The fraction of sp³-hybridized carbons (Fsp3) is 0.111. The second-order valence-corrected chi connectivity index (χ2v) is 9.34. The van der Waals surface area contributed by atoms with E-state index in [0.29, 0.717) is 0 Å². The van der Waals surface area contributed by atoms with Crippen LogP contribution in [0.25, 0.3) is 0 Å². The first-order valence-corrected chi connectivity index (χ1v) is 11.8. The lowest BCUT2D eigenvalue weighted by Crippen LogP contribution is -2.33. The molecule has 0 aliphatic rings. The fourth-order valence-corrected chi connectivity index (χ4v) is 5.08. The van der Waals surface area contributed by atoms with Gasteiger partial charge in [-0.1, -0.05) is 109 Å². The summed E-state index contributed by atoms with van der Waals surface area (Å²) in [6.45, 7) is 1.94. The van der Waals surface area contributed by atoms with Crippen molar-refractivity contribution in [2.45, 2.75) is 23.8 Å². The van der Waals surface area contributed by atoms with Crippen LogP contribution in [0, 0.1) is 6.92 Å². The molecule has 0 aliphatic carbocycles. The van der Waals surface area contributed by atoms with Crippen LogP contribution in [0.5, 0.6) is 0 Å². The second kappa shape index (κ2) is 9.29. The maximum atomic E-state index is 13.4. The third kappa shape index (κ3) is 4.93. The average molecular weight is 428 g/mol. The van der Waals surface area contributed by atoms with E-state index in [-0.39, 0.29) is 10.8 Å². The van der Waals surface area contributed by atoms with Crippen LogP contribution >= 0.6 is 0 Å². The Bertz CT molecular complexity index is 1170. The standard InChI is InChI=1S/C27H25NO2S/c1-21-17-19-25(20-18-21)31(29,30)28-27(24-15-9-4-10-16-24)26(22-11-5-2-6-12-22)23-13-7-3-8-14-23/h2-20,26-28H,1H3/t27-/m0/s1. The van der Waals surface area contributed by atoms with E-state index in [0.717, 1.165) is 22.3 Å². The van der Waals surface area contributed by atoms with E-state index in [1.165, 1.54) is 0 Å². The van der Waals surface area contributed by atoms with Crippen LogP contribution in [-0.4, -0.2) is 8.42 Å². The number of benzene rings is 4. The Kier molecular flexibility index (Phi) is 6.31. The monoisotopic (exact) mass is 427 g/mol. The Hall–Kier alpha value is -3.21. The van der Waals surface area contributed by atoms with Gasteiger partial charge in [-0.05, 0) is 35.7 Å². The topological polar surface area (TPSA) is 46.2 Å². The molecular weight excluding hydrogens is 402 g/mol. The molecular formula is C27H25NO2S. The van der Waals surface area contributed by atoms with Crippen molar-refractivity contribution in [2.24, 2.45) is 0 Å². The summed E-state index contributed by atoms with van der Waals surface area (Å²) in [6, 6.07) is 36.3. The van der Waals surface area contributed by atoms with Crippen LogP contribution in [-0.2, 0) is 10.0 Å². The maximum absolute atomic E-state index is 13.4. The summed E-state index contributed by atoms with van der Waals surface area (Å²) >= 11 is 0. The minimum Gasteiger partial charge on any atom is -0.207 e. The molecule has 4 aromatic rings. The molecule has 0 heterocycles. The highest BCUT2D eigenvalue weighted by molar-refractivity contribution is 7.89. The number of nitrogens with one attached hydrogen (secondary N) is 1. The predicted molar refractivity (Wildman–Crippen MR) is 125 cm³/mol. The Balaban J connectivity index is 1.84. The first-order valence-electron chi connectivity index (χ1n) is 10.3. The number of hydrogen-bond acceptors (Lipinski definition) is 2. The van der Waals surface area contributed by atoms with Crippen LogP contribution in [0.2, 0.25) is 0 Å². The highest BCUT2D eigenvalue weighted by Crippen LogP contribution is 2.37. The molecule has 3 nitrogen and oxygen atoms in total. The van der Waals surface area contributed by atoms with Crippen molar-refractivity contribution in [1.29, 1.82) is 0 Å². The third-order valence-corrected chi connectivity index (χ3v) is 6.88. The SMILES string of the molecule is Cc1ccc(S(=O)(=O)N[C@@H](c2ccccc2)C(c2ccccc2)c2ccccc2)cc1. The summed E-state index contributed by atoms with van der Waals surface area (Å²) in [5, 5.41) is 0. The van der Waals surface area contributed by atoms with Crippen LogP contribution in [0.1, 0.15) is 34.2 Å². The highest BCUT2D eigenvalue weighted by Gasteiger charge is 2.30. The molecule has 1 atom stereocenters. The van der Waals surface area contributed by atoms with Crippen LogP contribution in [0.15, 0.2) is 120 Å². The van der Waals surface area contributed by atoms with Crippen molar-refractivity contribution in [3.63, 3.8) is 0 Å². The highest BCUT2D eigenvalue weighted by atomic mass is 32.2. The molecule has 4 aromatic carbocycles. The van der Waals surface area contributed by atoms with Gasteiger partial charge in [0.1, 0.15) is 0 Å². The smallest absolute Gasteiger partial charge is 0.207 e. The van der Waals surface area contributed by atoms with Gasteiger partial charge in [-0.25, -0.2) is 13.1 Å². The summed E-state index contributed by atoms with van der Waals surface area (Å²) in [5.41, 5.74) is 4.03. The van der Waals surface area contributed by atoms with Crippen molar-refractivity contribution >= 4 is 10.0 Å². The number of rotatable bonds is 7. The summed E-state index contributed by atoms with van der Waals surface area (Å²) in [6.07, 6.45) is 0. The van der Waals surface area contributed by atoms with Crippen molar-refractivity contribution in [2.75, 3.05) is 0 Å². The number of sulfonamides is 1. The lowest BCUT2D eigenvalue weighted by Gasteiger charge is -2.29. The van der Waals surface area contributed by atoms with Gasteiger partial charge in [0.15, 0.2) is 0 Å². The molecule has 0 aliphatic heterocycles. The molecule has 0 bridgehead atoms. The zero-order valence-electron chi connectivity index (χ0n) is 17.3. The van der Waals surface area contributed by atoms with Gasteiger partial charge >= 0.3 is 0 Å². The number of hydrogen-bond donors (Lipinski definition) is 1. The molecule has 1 N–H and O–H groups in total. The quantitative estimate of drug-likeness (QED) is 0.402. The summed E-state index contributed by atoms with van der Waals surface area (Å²) < 4.78 is 29.8. The minimum atomic E-state index is -3.74. The van der Waals surface area contributed by atoms with Crippen molar-refractivity contribution in [1.82, 2.24) is 4.72 Å². The zero-order chi connectivity index (χ0) is 21.7. The molecule has 4 rings (SSSR count). The van der Waals surface area contributed by atoms with E-state index >= 15 is 0 Å². The van der Waals surface area contributed by atoms with E-state index in [1.807, 2.05) is 110 Å². The first-order chi connectivity index (χ1) is 15.0. The molecule has 0 radical (unpaired) electrons. The lowest BCUT2D eigenvalue weighted by atomic mass is 9.82. The summed E-state index contributed by atoms with van der Waals surface area (Å²) in [5.74, 6) is -0.190. The molecule has 31 heavy (non-hydrogen) atoms. The molecule has 0 aromatic heterocycles. The molecule has 0 amide bonds. The molecule has 0 saturated heterocycles. The van der Waals surface area contributed by atoms with E-state index in [4.69, 9.17) is 0 Å². The van der Waals surface area contributed by atoms with Gasteiger partial charge in [0.05, 0.1) is 10.9 Å². The molecule has 0 unspecified atom stereocenters. The fourth-order valence-electron chi connectivity index (χ4n) is 3.84. The van der Waals surface area contributed by atoms with Gasteiger partial charge in [0, 0.05) is 5.92 Å². The zero-order valence-corrected chi connectivity index (χ0v) is 18.2. The van der Waals surface area contributed by atoms with E-state index in [2.05, 4.69) is 4.72 Å². The molecule has 0 saturated carbocycles. The average Bonchev–Trinajstić information content (AvgIpc) is 2.81. The summed E-state index contributed by atoms with van der Waals surface area (Å²) in [4.78, 5) is 0.263. The van der Waals surface area contributed by atoms with Crippen LogP contribution < -0.4 is 4.72 Å². The van der Waals surface area contributed by atoms with E-state index in [1.54, 1.807) is 12.1 Å². The van der Waals surface area contributed by atoms with Crippen molar-refractivity contribution < 1.29 is 8.42 Å². The van der Waals surface area contributed by atoms with Gasteiger partial charge in [0.25, 0.3) is 0 Å². The van der Waals surface area contributed by atoms with Crippen LogP contribution in [0.4, 0.5) is 0 Å². The summed E-state index contributed by atoms with van der Waals surface area (Å²) in [7, 11) is -3.74. The number of aryl methyl sites for hydroxylation is 1. The largest absolute Gasteiger partial charge is 0.241 e. The molecule has 4 heteroatoms. The van der Waals surface area contributed by atoms with Crippen molar-refractivity contribution in [3.8, 4) is 0 Å². The van der Waals surface area contributed by atoms with Crippen LogP contribution in [0.3, 0.4) is 0 Å². The second-order valence-electron chi connectivity index (χ2n) is 7.62. The first kappa shape index (κ1) is 21.0. The lowest BCUT2D eigenvalue weighted by molar-refractivity contribution is 0.530. The van der Waals surface area contributed by atoms with Gasteiger partial charge < -0.3 is 0 Å². The van der Waals surface area contributed by atoms with E-state index in [9.17, 15) is 8.42 Å². The Morgan fingerprint density at radius 3 is 1.45 bits per heavy atom. The normalized spacial score (nSPS) is 12.6.